The molecule has 0 radical (unpaired) electrons. The van der Waals surface area contributed by atoms with Crippen molar-refractivity contribution in [1.82, 2.24) is 0 Å². The van der Waals surface area contributed by atoms with Crippen molar-refractivity contribution < 1.29 is 9.84 Å². The van der Waals surface area contributed by atoms with Gasteiger partial charge < -0.3 is 9.84 Å². The number of rotatable bonds is 1. The third kappa shape index (κ3) is 2.40. The summed E-state index contributed by atoms with van der Waals surface area (Å²) in [5.74, 6) is 0.186. The second-order valence-electron chi connectivity index (χ2n) is 5.10. The van der Waals surface area contributed by atoms with Crippen molar-refractivity contribution in [3.8, 4) is 0 Å². The topological polar surface area (TPSA) is 29.5 Å². The molecule has 0 saturated carbocycles. The van der Waals surface area contributed by atoms with E-state index in [1.54, 1.807) is 0 Å². The first-order chi connectivity index (χ1) is 8.74. The Labute approximate surface area is 116 Å². The van der Waals surface area contributed by atoms with Crippen LogP contribution in [-0.2, 0) is 11.2 Å². The smallest absolute Gasteiger partial charge is 0.0649 e. The highest BCUT2D eigenvalue weighted by Gasteiger charge is 2.28. The molecule has 3 heteroatoms. The fourth-order valence-corrected chi connectivity index (χ4v) is 3.23. The van der Waals surface area contributed by atoms with E-state index in [0.29, 0.717) is 13.2 Å². The summed E-state index contributed by atoms with van der Waals surface area (Å²) >= 11 is 3.51. The summed E-state index contributed by atoms with van der Waals surface area (Å²) in [6, 6.07) is 6.43. The molecule has 1 heterocycles. The molecule has 1 aromatic carbocycles. The van der Waals surface area contributed by atoms with Gasteiger partial charge in [0, 0.05) is 17.0 Å². The van der Waals surface area contributed by atoms with Gasteiger partial charge in [-0.2, -0.15) is 0 Å². The molecule has 2 nitrogen and oxygen atoms in total. The van der Waals surface area contributed by atoms with Gasteiger partial charge in [-0.1, -0.05) is 33.6 Å². The number of hydrogen-bond donors (Lipinski definition) is 1. The van der Waals surface area contributed by atoms with Crippen LogP contribution in [0.4, 0.5) is 0 Å². The quantitative estimate of drug-likeness (QED) is 0.863. The number of benzene rings is 1. The van der Waals surface area contributed by atoms with Crippen LogP contribution < -0.4 is 0 Å². The average Bonchev–Trinajstić information content (AvgIpc) is 2.38. The Balaban J connectivity index is 1.90. The van der Waals surface area contributed by atoms with Crippen LogP contribution >= 0.6 is 15.9 Å². The van der Waals surface area contributed by atoms with E-state index in [4.69, 9.17) is 4.74 Å². The largest absolute Gasteiger partial charge is 0.392 e. The van der Waals surface area contributed by atoms with Crippen molar-refractivity contribution in [3.05, 3.63) is 39.4 Å². The first-order valence-electron chi connectivity index (χ1n) is 6.49. The van der Waals surface area contributed by atoms with Gasteiger partial charge in [0.05, 0.1) is 12.7 Å². The first-order valence-corrected chi connectivity index (χ1v) is 7.28. The van der Waals surface area contributed by atoms with Gasteiger partial charge in [-0.15, -0.1) is 0 Å². The van der Waals surface area contributed by atoms with Gasteiger partial charge in [0.25, 0.3) is 0 Å². The minimum Gasteiger partial charge on any atom is -0.392 e. The maximum Gasteiger partial charge on any atom is 0.0649 e. The zero-order chi connectivity index (χ0) is 12.5. The van der Waals surface area contributed by atoms with E-state index in [1.807, 2.05) is 0 Å². The molecule has 1 N–H and O–H groups in total. The summed E-state index contributed by atoms with van der Waals surface area (Å²) < 4.78 is 6.62. The number of fused-ring (bicyclic) bond motifs is 1. The highest BCUT2D eigenvalue weighted by Crippen LogP contribution is 2.33. The number of aliphatic hydroxyl groups excluding tert-OH is 1. The molecule has 2 aliphatic rings. The summed E-state index contributed by atoms with van der Waals surface area (Å²) in [6.07, 6.45) is 4.87. The summed E-state index contributed by atoms with van der Waals surface area (Å²) in [6.45, 7) is 1.35. The number of aliphatic hydroxyl groups is 1. The number of hydrogen-bond acceptors (Lipinski definition) is 2. The van der Waals surface area contributed by atoms with E-state index in [1.165, 1.54) is 16.7 Å². The van der Waals surface area contributed by atoms with Crippen LogP contribution in [0.2, 0.25) is 0 Å². The van der Waals surface area contributed by atoms with E-state index in [2.05, 4.69) is 40.2 Å². The molecule has 18 heavy (non-hydrogen) atoms. The molecule has 2 atom stereocenters. The third-order valence-corrected chi connectivity index (χ3v) is 4.42. The second-order valence-corrected chi connectivity index (χ2v) is 6.02. The molecule has 1 aliphatic heterocycles. The van der Waals surface area contributed by atoms with E-state index < -0.39 is 0 Å². The third-order valence-electron chi connectivity index (χ3n) is 3.93. The fraction of sp³-hybridized carbons (Fsp3) is 0.467. The summed E-state index contributed by atoms with van der Waals surface area (Å²) in [5.41, 5.74) is 4.02. The lowest BCUT2D eigenvalue weighted by Crippen LogP contribution is -2.33. The molecule has 0 bridgehead atoms. The van der Waals surface area contributed by atoms with Gasteiger partial charge in [-0.25, -0.2) is 0 Å². The van der Waals surface area contributed by atoms with Crippen molar-refractivity contribution >= 4 is 22.0 Å². The maximum atomic E-state index is 10.1. The minimum absolute atomic E-state index is 0.186. The summed E-state index contributed by atoms with van der Waals surface area (Å²) in [5, 5.41) is 10.1. The highest BCUT2D eigenvalue weighted by molar-refractivity contribution is 9.10. The Hall–Kier alpha value is -0.640. The lowest BCUT2D eigenvalue weighted by atomic mass is 9.82. The summed E-state index contributed by atoms with van der Waals surface area (Å²) in [4.78, 5) is 0. The van der Waals surface area contributed by atoms with Gasteiger partial charge in [0.2, 0.25) is 0 Å². The van der Waals surface area contributed by atoms with E-state index in [0.717, 1.165) is 23.7 Å². The van der Waals surface area contributed by atoms with Crippen LogP contribution in [0.1, 0.15) is 24.0 Å². The van der Waals surface area contributed by atoms with Gasteiger partial charge >= 0.3 is 0 Å². The summed E-state index contributed by atoms with van der Waals surface area (Å²) in [7, 11) is 0. The van der Waals surface area contributed by atoms with Gasteiger partial charge in [0.1, 0.15) is 0 Å². The van der Waals surface area contributed by atoms with Crippen molar-refractivity contribution in [3.63, 3.8) is 0 Å². The first kappa shape index (κ1) is 12.4. The molecule has 3 rings (SSSR count). The monoisotopic (exact) mass is 308 g/mol. The van der Waals surface area contributed by atoms with Gasteiger partial charge in [-0.05, 0) is 42.5 Å². The molecule has 1 aromatic rings. The van der Waals surface area contributed by atoms with E-state index in [-0.39, 0.29) is 12.0 Å². The van der Waals surface area contributed by atoms with Crippen LogP contribution in [0.3, 0.4) is 0 Å². The fourth-order valence-electron chi connectivity index (χ4n) is 2.85. The molecular formula is C15H17BrO2. The SMILES string of the molecule is O[C@H]1CCOC[C@@H]1C1=Cc2cc(Br)ccc2CC1. The predicted molar refractivity (Wildman–Crippen MR) is 75.4 cm³/mol. The van der Waals surface area contributed by atoms with Crippen LogP contribution in [0.25, 0.3) is 6.08 Å². The zero-order valence-electron chi connectivity index (χ0n) is 10.2. The Morgan fingerprint density at radius 3 is 3.00 bits per heavy atom. The molecular weight excluding hydrogens is 292 g/mol. The highest BCUT2D eigenvalue weighted by atomic mass is 79.9. The minimum atomic E-state index is -0.237. The van der Waals surface area contributed by atoms with Crippen molar-refractivity contribution in [2.24, 2.45) is 5.92 Å². The maximum absolute atomic E-state index is 10.1. The second kappa shape index (κ2) is 5.16. The Morgan fingerprint density at radius 2 is 2.17 bits per heavy atom. The molecule has 1 aliphatic carbocycles. The molecule has 1 fully saturated rings. The molecule has 0 amide bonds. The van der Waals surface area contributed by atoms with E-state index >= 15 is 0 Å². The lowest BCUT2D eigenvalue weighted by molar-refractivity contribution is -0.0224. The van der Waals surface area contributed by atoms with Crippen molar-refractivity contribution in [2.45, 2.75) is 25.4 Å². The zero-order valence-corrected chi connectivity index (χ0v) is 11.8. The van der Waals surface area contributed by atoms with Crippen molar-refractivity contribution in [2.75, 3.05) is 13.2 Å². The number of aryl methyl sites for hydroxylation is 1. The van der Waals surface area contributed by atoms with E-state index in [9.17, 15) is 5.11 Å². The van der Waals surface area contributed by atoms with Gasteiger partial charge in [-0.3, -0.25) is 0 Å². The van der Waals surface area contributed by atoms with Crippen LogP contribution in [0.15, 0.2) is 28.2 Å². The van der Waals surface area contributed by atoms with Crippen LogP contribution in [0.5, 0.6) is 0 Å². The van der Waals surface area contributed by atoms with Gasteiger partial charge in [0.15, 0.2) is 0 Å². The molecule has 0 spiro atoms. The van der Waals surface area contributed by atoms with Crippen molar-refractivity contribution in [1.29, 1.82) is 0 Å². The van der Waals surface area contributed by atoms with Crippen LogP contribution in [-0.4, -0.2) is 24.4 Å². The Kier molecular flexibility index (Phi) is 3.55. The normalized spacial score (nSPS) is 27.6. The molecule has 96 valence electrons. The number of ether oxygens (including phenoxy) is 1. The predicted octanol–water partition coefficient (Wildman–Crippen LogP) is 3.18. The number of halogens is 1. The average molecular weight is 309 g/mol. The lowest BCUT2D eigenvalue weighted by Gasteiger charge is -2.31. The van der Waals surface area contributed by atoms with Crippen LogP contribution in [0, 0.1) is 5.92 Å². The molecule has 1 saturated heterocycles. The standard InChI is InChI=1S/C15H17BrO2/c16-13-4-3-10-1-2-11(7-12(10)8-13)14-9-18-6-5-15(14)17/h3-4,7-8,14-15,17H,1-2,5-6,9H2/t14-,15+/m1/s1. The Bertz CT molecular complexity index is 481. The molecule has 0 aromatic heterocycles. The Morgan fingerprint density at radius 1 is 1.28 bits per heavy atom. The molecule has 0 unspecified atom stereocenters.